The summed E-state index contributed by atoms with van der Waals surface area (Å²) < 4.78 is 27.1. The number of fused-ring (bicyclic) bond motifs is 1. The van der Waals surface area contributed by atoms with Crippen LogP contribution in [0.3, 0.4) is 0 Å². The van der Waals surface area contributed by atoms with Crippen molar-refractivity contribution in [1.82, 2.24) is 10.2 Å². The van der Waals surface area contributed by atoms with Crippen molar-refractivity contribution in [3.05, 3.63) is 65.7 Å². The fraction of sp³-hybridized carbons (Fsp3) is 0.429. The first-order valence-electron chi connectivity index (χ1n) is 9.47. The summed E-state index contributed by atoms with van der Waals surface area (Å²) in [5, 5.41) is 2.94. The van der Waals surface area contributed by atoms with Gasteiger partial charge in [0.1, 0.15) is 5.37 Å². The molecule has 0 spiro atoms. The van der Waals surface area contributed by atoms with Crippen LogP contribution in [0.15, 0.2) is 59.5 Å². The molecule has 2 aromatic carbocycles. The number of rotatable bonds is 4. The minimum atomic E-state index is -3.42. The summed E-state index contributed by atoms with van der Waals surface area (Å²) in [7, 11) is -3.42. The first-order chi connectivity index (χ1) is 12.7. The van der Waals surface area contributed by atoms with E-state index in [1.54, 1.807) is 12.1 Å². The smallest absolute Gasteiger partial charge is 0.194 e. The molecule has 2 aliphatic rings. The van der Waals surface area contributed by atoms with E-state index in [4.69, 9.17) is 0 Å². The van der Waals surface area contributed by atoms with Gasteiger partial charge in [-0.3, -0.25) is 4.90 Å². The Hall–Kier alpha value is -1.69. The molecule has 1 N–H and O–H groups in total. The largest absolute Gasteiger partial charge is 0.316 e. The van der Waals surface area contributed by atoms with E-state index in [9.17, 15) is 8.42 Å². The van der Waals surface area contributed by atoms with E-state index in [-0.39, 0.29) is 5.92 Å². The normalized spacial score (nSPS) is 22.5. The molecule has 0 amide bonds. The van der Waals surface area contributed by atoms with Crippen LogP contribution in [-0.4, -0.2) is 38.3 Å². The van der Waals surface area contributed by atoms with Crippen molar-refractivity contribution < 1.29 is 8.42 Å². The first-order valence-corrected chi connectivity index (χ1v) is 11.0. The summed E-state index contributed by atoms with van der Waals surface area (Å²) >= 11 is 0. The van der Waals surface area contributed by atoms with Gasteiger partial charge in [-0.25, -0.2) is 8.42 Å². The predicted molar refractivity (Wildman–Crippen MR) is 104 cm³/mol. The zero-order valence-electron chi connectivity index (χ0n) is 15.0. The molecule has 2 atom stereocenters. The van der Waals surface area contributed by atoms with Gasteiger partial charge in [0.2, 0.25) is 0 Å². The van der Waals surface area contributed by atoms with Crippen LogP contribution in [0, 0.1) is 5.92 Å². The molecular weight excluding hydrogens is 344 g/mol. The second-order valence-electron chi connectivity index (χ2n) is 7.34. The van der Waals surface area contributed by atoms with E-state index in [1.165, 1.54) is 11.1 Å². The molecule has 138 valence electrons. The lowest BCUT2D eigenvalue weighted by Crippen LogP contribution is -2.51. The van der Waals surface area contributed by atoms with Gasteiger partial charge in [0.15, 0.2) is 9.84 Å². The Bertz CT molecular complexity index is 845. The quantitative estimate of drug-likeness (QED) is 0.899. The molecule has 0 aliphatic carbocycles. The van der Waals surface area contributed by atoms with Gasteiger partial charge in [0.05, 0.1) is 4.90 Å². The van der Waals surface area contributed by atoms with Crippen LogP contribution in [-0.2, 0) is 22.8 Å². The number of nitrogens with zero attached hydrogens (tertiary/aromatic N) is 1. The third kappa shape index (κ3) is 3.43. The fourth-order valence-corrected chi connectivity index (χ4v) is 6.48. The molecular formula is C21H26N2O2S. The van der Waals surface area contributed by atoms with E-state index in [0.29, 0.717) is 11.4 Å². The van der Waals surface area contributed by atoms with Crippen LogP contribution in [0.4, 0.5) is 0 Å². The molecule has 26 heavy (non-hydrogen) atoms. The maximum Gasteiger partial charge on any atom is 0.194 e. The van der Waals surface area contributed by atoms with Crippen LogP contribution in [0.2, 0.25) is 0 Å². The number of sulfone groups is 1. The van der Waals surface area contributed by atoms with Gasteiger partial charge < -0.3 is 5.32 Å². The van der Waals surface area contributed by atoms with Crippen LogP contribution in [0.5, 0.6) is 0 Å². The van der Waals surface area contributed by atoms with Gasteiger partial charge in [-0.05, 0) is 49.1 Å². The second-order valence-corrected chi connectivity index (χ2v) is 9.39. The summed E-state index contributed by atoms with van der Waals surface area (Å²) in [5.41, 5.74) is 2.61. The fourth-order valence-electron chi connectivity index (χ4n) is 4.35. The van der Waals surface area contributed by atoms with Crippen molar-refractivity contribution in [3.63, 3.8) is 0 Å². The molecule has 0 aromatic heterocycles. The summed E-state index contributed by atoms with van der Waals surface area (Å²) in [6, 6.07) is 17.4. The van der Waals surface area contributed by atoms with E-state index < -0.39 is 15.2 Å². The molecule has 2 heterocycles. The number of hydrogen-bond donors (Lipinski definition) is 1. The van der Waals surface area contributed by atoms with Crippen LogP contribution < -0.4 is 5.32 Å². The Morgan fingerprint density at radius 3 is 2.46 bits per heavy atom. The van der Waals surface area contributed by atoms with Gasteiger partial charge >= 0.3 is 0 Å². The molecule has 2 aliphatic heterocycles. The van der Waals surface area contributed by atoms with Crippen LogP contribution >= 0.6 is 0 Å². The van der Waals surface area contributed by atoms with Gasteiger partial charge in [-0.1, -0.05) is 42.5 Å². The highest BCUT2D eigenvalue weighted by Crippen LogP contribution is 2.32. The van der Waals surface area contributed by atoms with Crippen molar-refractivity contribution in [1.29, 1.82) is 0 Å². The minimum absolute atomic E-state index is 0.124. The summed E-state index contributed by atoms with van der Waals surface area (Å²) in [5.74, 6) is 0.124. The summed E-state index contributed by atoms with van der Waals surface area (Å²) in [4.78, 5) is 2.64. The lowest BCUT2D eigenvalue weighted by molar-refractivity contribution is 0.162. The third-order valence-electron chi connectivity index (χ3n) is 5.65. The van der Waals surface area contributed by atoms with E-state index in [1.807, 2.05) is 24.3 Å². The molecule has 1 fully saturated rings. The molecule has 4 nitrogen and oxygen atoms in total. The average Bonchev–Trinajstić information content (AvgIpc) is 2.69. The highest BCUT2D eigenvalue weighted by atomic mass is 32.2. The SMILES string of the molecule is O=S(=O)(c1ccccc1)C(C1CCCNC1)N1CCc2ccccc2C1. The van der Waals surface area contributed by atoms with Crippen molar-refractivity contribution in [2.75, 3.05) is 19.6 Å². The standard InChI is InChI=1S/C21H26N2O2S/c24-26(25,20-10-2-1-3-11-20)21(18-9-6-13-22-15-18)23-14-12-17-7-4-5-8-19(17)16-23/h1-5,7-8,10-11,18,21-22H,6,9,12-16H2. The van der Waals surface area contributed by atoms with Crippen LogP contribution in [0.25, 0.3) is 0 Å². The molecule has 4 rings (SSSR count). The van der Waals surface area contributed by atoms with Crippen molar-refractivity contribution in [3.8, 4) is 0 Å². The second kappa shape index (κ2) is 7.51. The summed E-state index contributed by atoms with van der Waals surface area (Å²) in [6.45, 7) is 3.26. The summed E-state index contributed by atoms with van der Waals surface area (Å²) in [6.07, 6.45) is 2.91. The molecule has 0 saturated carbocycles. The van der Waals surface area contributed by atoms with E-state index in [2.05, 4.69) is 28.4 Å². The van der Waals surface area contributed by atoms with Gasteiger partial charge in [-0.15, -0.1) is 0 Å². The molecule has 2 aromatic rings. The lowest BCUT2D eigenvalue weighted by atomic mass is 9.95. The number of hydrogen-bond acceptors (Lipinski definition) is 4. The van der Waals surface area contributed by atoms with Gasteiger partial charge in [0.25, 0.3) is 0 Å². The van der Waals surface area contributed by atoms with Crippen LogP contribution in [0.1, 0.15) is 24.0 Å². The van der Waals surface area contributed by atoms with Crippen molar-refractivity contribution >= 4 is 9.84 Å². The molecule has 5 heteroatoms. The maximum atomic E-state index is 13.6. The first kappa shape index (κ1) is 17.7. The Labute approximate surface area is 156 Å². The Morgan fingerprint density at radius 2 is 1.73 bits per heavy atom. The van der Waals surface area contributed by atoms with Gasteiger partial charge in [-0.2, -0.15) is 0 Å². The van der Waals surface area contributed by atoms with Crippen molar-refractivity contribution in [2.24, 2.45) is 5.92 Å². The zero-order valence-corrected chi connectivity index (χ0v) is 15.8. The van der Waals surface area contributed by atoms with Crippen molar-refractivity contribution in [2.45, 2.75) is 36.1 Å². The minimum Gasteiger partial charge on any atom is -0.316 e. The number of piperidine rings is 1. The van der Waals surface area contributed by atoms with E-state index >= 15 is 0 Å². The Balaban J connectivity index is 1.70. The Kier molecular flexibility index (Phi) is 5.11. The zero-order chi connectivity index (χ0) is 18.0. The Morgan fingerprint density at radius 1 is 1.00 bits per heavy atom. The number of benzene rings is 2. The maximum absolute atomic E-state index is 13.6. The molecule has 2 unspecified atom stereocenters. The molecule has 0 bridgehead atoms. The highest BCUT2D eigenvalue weighted by Gasteiger charge is 2.40. The predicted octanol–water partition coefficient (Wildman–Crippen LogP) is 2.84. The molecule has 0 radical (unpaired) electrons. The van der Waals surface area contributed by atoms with E-state index in [0.717, 1.165) is 38.9 Å². The lowest BCUT2D eigenvalue weighted by Gasteiger charge is -2.40. The molecule has 1 saturated heterocycles. The topological polar surface area (TPSA) is 49.4 Å². The highest BCUT2D eigenvalue weighted by molar-refractivity contribution is 7.92. The monoisotopic (exact) mass is 370 g/mol. The number of nitrogens with one attached hydrogen (secondary N) is 1. The average molecular weight is 371 g/mol. The third-order valence-corrected chi connectivity index (χ3v) is 7.90. The van der Waals surface area contributed by atoms with Gasteiger partial charge in [0, 0.05) is 25.6 Å².